The number of carbonyl (C=O) groups is 2. The highest BCUT2D eigenvalue weighted by atomic mass is 16.6. The molecule has 1 aromatic heterocycles. The molecule has 0 atom stereocenters. The third-order valence-electron chi connectivity index (χ3n) is 3.93. The monoisotopic (exact) mass is 377 g/mol. The van der Waals surface area contributed by atoms with Crippen molar-refractivity contribution in [2.75, 3.05) is 35.0 Å². The van der Waals surface area contributed by atoms with E-state index in [4.69, 9.17) is 18.6 Å². The van der Waals surface area contributed by atoms with Crippen LogP contribution < -0.4 is 9.47 Å². The van der Waals surface area contributed by atoms with Gasteiger partial charge in [0, 0.05) is 25.1 Å². The Labute approximate surface area is 157 Å². The van der Waals surface area contributed by atoms with Crippen molar-refractivity contribution >= 4 is 12.1 Å². The second kappa shape index (κ2) is 9.51. The minimum absolute atomic E-state index is 0.0696. The largest absolute Gasteiger partial charge is 0.497 e. The molecule has 0 radical (unpaired) electrons. The zero-order valence-corrected chi connectivity index (χ0v) is 15.8. The molecule has 8 nitrogen and oxygen atoms in total. The number of methoxy groups -OCH3 is 3. The highest BCUT2D eigenvalue weighted by Crippen LogP contribution is 2.25. The van der Waals surface area contributed by atoms with E-state index < -0.39 is 12.1 Å². The first-order valence-electron chi connectivity index (χ1n) is 8.23. The Morgan fingerprint density at radius 3 is 2.52 bits per heavy atom. The van der Waals surface area contributed by atoms with Crippen molar-refractivity contribution < 1.29 is 33.0 Å². The van der Waals surface area contributed by atoms with Gasteiger partial charge in [-0.3, -0.25) is 0 Å². The average molecular weight is 377 g/mol. The number of rotatable bonds is 8. The topological polar surface area (TPSA) is 87.4 Å². The second-order valence-electron chi connectivity index (χ2n) is 5.66. The predicted molar refractivity (Wildman–Crippen MR) is 96.1 cm³/mol. The van der Waals surface area contributed by atoms with Gasteiger partial charge in [-0.15, -0.1) is 0 Å². The lowest BCUT2D eigenvalue weighted by molar-refractivity contribution is 0.0560. The summed E-state index contributed by atoms with van der Waals surface area (Å²) in [5.74, 6) is 0.831. The molecule has 0 aliphatic carbocycles. The smallest absolute Gasteiger partial charge is 0.409 e. The molecule has 8 heteroatoms. The van der Waals surface area contributed by atoms with Gasteiger partial charge in [-0.05, 0) is 17.7 Å². The molecule has 2 rings (SSSR count). The maximum absolute atomic E-state index is 12.2. The molecule has 0 N–H and O–H groups in total. The molecular formula is C19H23NO7. The number of esters is 1. The maximum atomic E-state index is 12.2. The van der Waals surface area contributed by atoms with Gasteiger partial charge < -0.3 is 28.3 Å². The molecule has 0 aliphatic rings. The summed E-state index contributed by atoms with van der Waals surface area (Å²) in [4.78, 5) is 25.1. The van der Waals surface area contributed by atoms with E-state index in [0.717, 1.165) is 5.56 Å². The molecule has 0 saturated heterocycles. The lowest BCUT2D eigenvalue weighted by Gasteiger charge is -2.17. The first-order chi connectivity index (χ1) is 13.0. The Hall–Kier alpha value is -3.16. The van der Waals surface area contributed by atoms with Crippen LogP contribution in [-0.2, 0) is 22.4 Å². The van der Waals surface area contributed by atoms with E-state index in [1.165, 1.54) is 18.3 Å². The van der Waals surface area contributed by atoms with Gasteiger partial charge >= 0.3 is 12.1 Å². The van der Waals surface area contributed by atoms with Crippen LogP contribution in [-0.4, -0.2) is 51.9 Å². The van der Waals surface area contributed by atoms with E-state index in [2.05, 4.69) is 4.74 Å². The van der Waals surface area contributed by atoms with Gasteiger partial charge in [0.05, 0.1) is 40.7 Å². The molecular weight excluding hydrogens is 354 g/mol. The molecule has 0 aliphatic heterocycles. The van der Waals surface area contributed by atoms with Crippen molar-refractivity contribution in [3.63, 3.8) is 0 Å². The second-order valence-corrected chi connectivity index (χ2v) is 5.66. The van der Waals surface area contributed by atoms with E-state index in [1.807, 2.05) is 12.1 Å². The van der Waals surface area contributed by atoms with Gasteiger partial charge in [-0.1, -0.05) is 6.07 Å². The molecule has 0 bridgehead atoms. The highest BCUT2D eigenvalue weighted by Gasteiger charge is 2.19. The molecule has 0 fully saturated rings. The summed E-state index contributed by atoms with van der Waals surface area (Å²) in [6.45, 7) is 0.340. The number of nitrogens with zero attached hydrogens (tertiary/aromatic N) is 1. The maximum Gasteiger partial charge on any atom is 0.409 e. The Balaban J connectivity index is 1.89. The van der Waals surface area contributed by atoms with Crippen LogP contribution in [0.3, 0.4) is 0 Å². The van der Waals surface area contributed by atoms with Crippen molar-refractivity contribution in [2.24, 2.45) is 0 Å². The van der Waals surface area contributed by atoms with Gasteiger partial charge in [-0.2, -0.15) is 0 Å². The molecule has 2 aromatic rings. The number of hydrogen-bond acceptors (Lipinski definition) is 7. The number of furan rings is 1. The van der Waals surface area contributed by atoms with Crippen LogP contribution in [0, 0.1) is 0 Å². The van der Waals surface area contributed by atoms with E-state index in [0.29, 0.717) is 23.5 Å². The van der Waals surface area contributed by atoms with Crippen LogP contribution in [0.4, 0.5) is 4.79 Å². The normalized spacial score (nSPS) is 10.2. The first kappa shape index (κ1) is 20.2. The lowest BCUT2D eigenvalue weighted by atomic mass is 10.1. The quantitative estimate of drug-likeness (QED) is 0.654. The Morgan fingerprint density at radius 1 is 1.07 bits per heavy atom. The van der Waals surface area contributed by atoms with Crippen LogP contribution in [0.25, 0.3) is 0 Å². The van der Waals surface area contributed by atoms with Crippen LogP contribution >= 0.6 is 0 Å². The van der Waals surface area contributed by atoms with E-state index >= 15 is 0 Å². The van der Waals surface area contributed by atoms with Gasteiger partial charge in [0.2, 0.25) is 5.76 Å². The molecule has 0 spiro atoms. The Morgan fingerprint density at radius 2 is 1.85 bits per heavy atom. The zero-order chi connectivity index (χ0) is 19.8. The number of ether oxygens (including phenoxy) is 4. The minimum atomic E-state index is -0.594. The van der Waals surface area contributed by atoms with Crippen LogP contribution in [0.15, 0.2) is 34.9 Å². The third kappa shape index (κ3) is 5.16. The van der Waals surface area contributed by atoms with Gasteiger partial charge in [0.25, 0.3) is 0 Å². The van der Waals surface area contributed by atoms with Crippen LogP contribution in [0.1, 0.15) is 21.7 Å². The van der Waals surface area contributed by atoms with Crippen molar-refractivity contribution in [3.8, 4) is 11.5 Å². The summed E-state index contributed by atoms with van der Waals surface area (Å²) >= 11 is 0. The lowest BCUT2D eigenvalue weighted by Crippen LogP contribution is -2.28. The van der Waals surface area contributed by atoms with E-state index in [-0.39, 0.29) is 18.9 Å². The van der Waals surface area contributed by atoms with E-state index in [9.17, 15) is 9.59 Å². The summed E-state index contributed by atoms with van der Waals surface area (Å²) in [6.07, 6.45) is 1.35. The molecule has 27 heavy (non-hydrogen) atoms. The first-order valence-corrected chi connectivity index (χ1v) is 8.23. The summed E-state index contributed by atoms with van der Waals surface area (Å²) in [6, 6.07) is 7.07. The summed E-state index contributed by atoms with van der Waals surface area (Å²) in [5.41, 5.74) is 1.44. The Bertz CT molecular complexity index is 784. The molecule has 0 saturated carbocycles. The number of carbonyl (C=O) groups excluding carboxylic acids is 2. The number of benzene rings is 1. The SMILES string of the molecule is COC(=O)c1occc1CN(C)C(=O)OCCc1ccc(OC)cc1OC. The zero-order valence-electron chi connectivity index (χ0n) is 15.8. The summed E-state index contributed by atoms with van der Waals surface area (Å²) in [7, 11) is 5.99. The van der Waals surface area contributed by atoms with Gasteiger partial charge in [0.1, 0.15) is 11.5 Å². The van der Waals surface area contributed by atoms with Crippen molar-refractivity contribution in [2.45, 2.75) is 13.0 Å². The van der Waals surface area contributed by atoms with Crippen molar-refractivity contribution in [1.82, 2.24) is 4.90 Å². The van der Waals surface area contributed by atoms with Crippen molar-refractivity contribution in [3.05, 3.63) is 47.4 Å². The van der Waals surface area contributed by atoms with E-state index in [1.54, 1.807) is 33.4 Å². The summed E-state index contributed by atoms with van der Waals surface area (Å²) < 4.78 is 25.5. The standard InChI is InChI=1S/C19H23NO7/c1-20(12-14-8-9-26-17(14)18(21)25-4)19(22)27-10-7-13-5-6-15(23-2)11-16(13)24-3/h5-6,8-9,11H,7,10,12H2,1-4H3. The molecule has 1 heterocycles. The van der Waals surface area contributed by atoms with Crippen LogP contribution in [0.2, 0.25) is 0 Å². The molecule has 1 aromatic carbocycles. The number of amides is 1. The highest BCUT2D eigenvalue weighted by molar-refractivity contribution is 5.87. The fraction of sp³-hybridized carbons (Fsp3) is 0.368. The summed E-state index contributed by atoms with van der Waals surface area (Å²) in [5, 5.41) is 0. The van der Waals surface area contributed by atoms with Gasteiger partial charge in [-0.25, -0.2) is 9.59 Å². The van der Waals surface area contributed by atoms with Crippen molar-refractivity contribution in [1.29, 1.82) is 0 Å². The fourth-order valence-electron chi connectivity index (χ4n) is 2.47. The molecule has 0 unspecified atom stereocenters. The number of hydrogen-bond donors (Lipinski definition) is 0. The minimum Gasteiger partial charge on any atom is -0.497 e. The average Bonchev–Trinajstić information content (AvgIpc) is 3.15. The Kier molecular flexibility index (Phi) is 7.10. The fourth-order valence-corrected chi connectivity index (χ4v) is 2.47. The predicted octanol–water partition coefficient (Wildman–Crippen LogP) is 2.89. The van der Waals surface area contributed by atoms with Crippen LogP contribution in [0.5, 0.6) is 11.5 Å². The van der Waals surface area contributed by atoms with Gasteiger partial charge in [0.15, 0.2) is 0 Å². The third-order valence-corrected chi connectivity index (χ3v) is 3.93. The molecule has 1 amide bonds. The molecule has 146 valence electrons.